The number of rotatable bonds is 7. The predicted octanol–water partition coefficient (Wildman–Crippen LogP) is 0.818. The van der Waals surface area contributed by atoms with Gasteiger partial charge in [-0.05, 0) is 37.6 Å². The number of carbonyl (C=O) groups excluding carboxylic acids is 1. The molecule has 0 spiro atoms. The first-order valence-corrected chi connectivity index (χ1v) is 10.7. The van der Waals surface area contributed by atoms with E-state index >= 15 is 0 Å². The fourth-order valence-corrected chi connectivity index (χ4v) is 4.35. The largest absolute Gasteiger partial charge is 0.496 e. The number of amides is 1. The van der Waals surface area contributed by atoms with Crippen LogP contribution in [0.2, 0.25) is 5.02 Å². The van der Waals surface area contributed by atoms with Gasteiger partial charge in [-0.25, -0.2) is 0 Å². The molecule has 3 rings (SSSR count). The van der Waals surface area contributed by atoms with Crippen molar-refractivity contribution in [2.45, 2.75) is 26.4 Å². The van der Waals surface area contributed by atoms with Gasteiger partial charge in [0.15, 0.2) is 6.54 Å². The molecule has 2 aromatic carbocycles. The monoisotopic (exact) mass is 417 g/mol. The second-order valence-corrected chi connectivity index (χ2v) is 8.39. The van der Waals surface area contributed by atoms with Crippen LogP contribution in [0.4, 0.5) is 0 Å². The zero-order valence-electron chi connectivity index (χ0n) is 17.6. The van der Waals surface area contributed by atoms with Gasteiger partial charge >= 0.3 is 0 Å². The van der Waals surface area contributed by atoms with Crippen molar-refractivity contribution >= 4 is 17.5 Å². The number of benzene rings is 2. The van der Waals surface area contributed by atoms with Crippen molar-refractivity contribution < 1.29 is 19.3 Å². The standard InChI is InChI=1S/C23H30ClN3O2/c1-17-8-9-22(29-3)19(14-17)15-26-10-12-27(13-11-26)16-23(28)25-18(2)20-6-4-5-7-21(20)24/h4-9,14,18H,10-13,15-16H2,1-3H3,(H,25,28)/p+2/t18-/m0/s1. The number of piperazine rings is 1. The molecule has 1 fully saturated rings. The predicted molar refractivity (Wildman–Crippen MR) is 116 cm³/mol. The van der Waals surface area contributed by atoms with Gasteiger partial charge in [0.1, 0.15) is 38.5 Å². The molecule has 1 saturated heterocycles. The third kappa shape index (κ3) is 5.95. The van der Waals surface area contributed by atoms with E-state index in [4.69, 9.17) is 16.3 Å². The van der Waals surface area contributed by atoms with E-state index in [1.165, 1.54) is 16.0 Å². The molecule has 2 aromatic rings. The summed E-state index contributed by atoms with van der Waals surface area (Å²) in [6.45, 7) is 9.67. The fourth-order valence-electron chi connectivity index (χ4n) is 4.05. The maximum Gasteiger partial charge on any atom is 0.275 e. The summed E-state index contributed by atoms with van der Waals surface area (Å²) >= 11 is 6.24. The van der Waals surface area contributed by atoms with E-state index in [9.17, 15) is 4.79 Å². The molecule has 0 aliphatic carbocycles. The number of quaternary nitrogens is 2. The van der Waals surface area contributed by atoms with E-state index in [0.717, 1.165) is 44.0 Å². The summed E-state index contributed by atoms with van der Waals surface area (Å²) in [7, 11) is 1.73. The van der Waals surface area contributed by atoms with Crippen molar-refractivity contribution in [2.24, 2.45) is 0 Å². The number of methoxy groups -OCH3 is 1. The third-order valence-electron chi connectivity index (χ3n) is 5.70. The normalized spacial score (nSPS) is 20.1. The average Bonchev–Trinajstić information content (AvgIpc) is 2.70. The second-order valence-electron chi connectivity index (χ2n) is 7.98. The van der Waals surface area contributed by atoms with E-state index in [2.05, 4.69) is 30.4 Å². The molecular formula is C23H32ClN3O2+2. The molecule has 0 bridgehead atoms. The van der Waals surface area contributed by atoms with Crippen molar-refractivity contribution in [3.05, 3.63) is 64.2 Å². The SMILES string of the molecule is COc1ccc(C)cc1C[NH+]1CC[NH+](CC(=O)N[C@@H](C)c2ccccc2Cl)CC1. The van der Waals surface area contributed by atoms with Gasteiger partial charge in [-0.15, -0.1) is 0 Å². The van der Waals surface area contributed by atoms with Crippen molar-refractivity contribution in [1.29, 1.82) is 0 Å². The Morgan fingerprint density at radius 2 is 1.83 bits per heavy atom. The maximum absolute atomic E-state index is 12.5. The van der Waals surface area contributed by atoms with E-state index in [1.807, 2.05) is 31.2 Å². The molecule has 5 nitrogen and oxygen atoms in total. The quantitative estimate of drug-likeness (QED) is 0.624. The summed E-state index contributed by atoms with van der Waals surface area (Å²) in [5.41, 5.74) is 3.48. The zero-order valence-corrected chi connectivity index (χ0v) is 18.3. The summed E-state index contributed by atoms with van der Waals surface area (Å²) < 4.78 is 5.52. The van der Waals surface area contributed by atoms with E-state index < -0.39 is 0 Å². The molecule has 1 amide bonds. The molecule has 6 heteroatoms. The highest BCUT2D eigenvalue weighted by atomic mass is 35.5. The van der Waals surface area contributed by atoms with Crippen LogP contribution in [0.5, 0.6) is 5.75 Å². The first-order chi connectivity index (χ1) is 14.0. The molecular weight excluding hydrogens is 386 g/mol. The Morgan fingerprint density at radius 3 is 2.52 bits per heavy atom. The van der Waals surface area contributed by atoms with Crippen molar-refractivity contribution in [1.82, 2.24) is 5.32 Å². The number of hydrogen-bond acceptors (Lipinski definition) is 2. The Hall–Kier alpha value is -2.08. The van der Waals surface area contributed by atoms with Gasteiger partial charge in [-0.2, -0.15) is 0 Å². The van der Waals surface area contributed by atoms with Crippen LogP contribution in [0.3, 0.4) is 0 Å². The molecule has 29 heavy (non-hydrogen) atoms. The summed E-state index contributed by atoms with van der Waals surface area (Å²) in [6, 6.07) is 13.9. The maximum atomic E-state index is 12.5. The van der Waals surface area contributed by atoms with Crippen molar-refractivity contribution in [3.63, 3.8) is 0 Å². The van der Waals surface area contributed by atoms with Crippen LogP contribution in [-0.2, 0) is 11.3 Å². The summed E-state index contributed by atoms with van der Waals surface area (Å²) in [4.78, 5) is 15.4. The van der Waals surface area contributed by atoms with Crippen molar-refractivity contribution in [2.75, 3.05) is 39.8 Å². The van der Waals surface area contributed by atoms with Crippen LogP contribution in [0.25, 0.3) is 0 Å². The first-order valence-electron chi connectivity index (χ1n) is 10.3. The minimum atomic E-state index is -0.0868. The molecule has 0 saturated carbocycles. The van der Waals surface area contributed by atoms with Gasteiger partial charge < -0.3 is 19.9 Å². The minimum Gasteiger partial charge on any atom is -0.496 e. The lowest BCUT2D eigenvalue weighted by Gasteiger charge is -2.30. The Kier molecular flexibility index (Phi) is 7.53. The lowest BCUT2D eigenvalue weighted by Crippen LogP contribution is -3.28. The van der Waals surface area contributed by atoms with Gasteiger partial charge in [0.05, 0.1) is 13.2 Å². The van der Waals surface area contributed by atoms with Gasteiger partial charge in [0, 0.05) is 10.6 Å². The first kappa shape index (κ1) is 21.6. The molecule has 1 aliphatic rings. The number of carbonyl (C=O) groups is 1. The average molecular weight is 418 g/mol. The van der Waals surface area contributed by atoms with Gasteiger partial charge in [-0.1, -0.05) is 41.4 Å². The van der Waals surface area contributed by atoms with Crippen LogP contribution >= 0.6 is 11.6 Å². The van der Waals surface area contributed by atoms with Gasteiger partial charge in [-0.3, -0.25) is 4.79 Å². The Labute approximate surface area is 178 Å². The van der Waals surface area contributed by atoms with Crippen LogP contribution in [0, 0.1) is 6.92 Å². The second kappa shape index (κ2) is 10.1. The van der Waals surface area contributed by atoms with Gasteiger partial charge in [0.25, 0.3) is 5.91 Å². The fraction of sp³-hybridized carbons (Fsp3) is 0.435. The van der Waals surface area contributed by atoms with E-state index in [-0.39, 0.29) is 11.9 Å². The van der Waals surface area contributed by atoms with E-state index in [1.54, 1.807) is 12.0 Å². The summed E-state index contributed by atoms with van der Waals surface area (Å²) in [5.74, 6) is 1.04. The molecule has 3 N–H and O–H groups in total. The van der Waals surface area contributed by atoms with E-state index in [0.29, 0.717) is 11.6 Å². The Morgan fingerprint density at radius 1 is 1.14 bits per heavy atom. The molecule has 1 heterocycles. The highest BCUT2D eigenvalue weighted by molar-refractivity contribution is 6.31. The summed E-state index contributed by atoms with van der Waals surface area (Å²) in [5, 5.41) is 3.78. The number of hydrogen-bond donors (Lipinski definition) is 3. The van der Waals surface area contributed by atoms with Crippen LogP contribution in [0.1, 0.15) is 29.7 Å². The van der Waals surface area contributed by atoms with Crippen LogP contribution < -0.4 is 19.9 Å². The molecule has 1 aliphatic heterocycles. The zero-order chi connectivity index (χ0) is 20.8. The number of aryl methyl sites for hydroxylation is 1. The van der Waals surface area contributed by atoms with Crippen LogP contribution in [-0.4, -0.2) is 45.7 Å². The topological polar surface area (TPSA) is 47.2 Å². The van der Waals surface area contributed by atoms with Crippen molar-refractivity contribution in [3.8, 4) is 5.75 Å². The molecule has 0 aromatic heterocycles. The number of nitrogens with one attached hydrogen (secondary N) is 3. The smallest absolute Gasteiger partial charge is 0.275 e. The third-order valence-corrected chi connectivity index (χ3v) is 6.04. The minimum absolute atomic E-state index is 0.0798. The Balaban J connectivity index is 1.47. The van der Waals surface area contributed by atoms with Gasteiger partial charge in [0.2, 0.25) is 0 Å². The number of ether oxygens (including phenoxy) is 1. The molecule has 0 unspecified atom stereocenters. The number of halogens is 1. The lowest BCUT2D eigenvalue weighted by molar-refractivity contribution is -1.02. The Bertz CT molecular complexity index is 835. The molecule has 0 radical (unpaired) electrons. The summed E-state index contributed by atoms with van der Waals surface area (Å²) in [6.07, 6.45) is 0. The molecule has 156 valence electrons. The van der Waals surface area contributed by atoms with Crippen LogP contribution in [0.15, 0.2) is 42.5 Å². The lowest BCUT2D eigenvalue weighted by atomic mass is 10.1. The molecule has 1 atom stereocenters. The highest BCUT2D eigenvalue weighted by Crippen LogP contribution is 2.22. The highest BCUT2D eigenvalue weighted by Gasteiger charge is 2.26.